The van der Waals surface area contributed by atoms with Crippen LogP contribution >= 0.6 is 0 Å². The van der Waals surface area contributed by atoms with Crippen LogP contribution in [0.4, 0.5) is 4.39 Å². The summed E-state index contributed by atoms with van der Waals surface area (Å²) in [5, 5.41) is 2.91. The van der Waals surface area contributed by atoms with Crippen LogP contribution in [0.15, 0.2) is 42.5 Å². The summed E-state index contributed by atoms with van der Waals surface area (Å²) in [6.07, 6.45) is 1.89. The lowest BCUT2D eigenvalue weighted by atomic mass is 10.1. The molecule has 0 spiro atoms. The van der Waals surface area contributed by atoms with Gasteiger partial charge >= 0.3 is 0 Å². The summed E-state index contributed by atoms with van der Waals surface area (Å²) in [7, 11) is 0. The zero-order chi connectivity index (χ0) is 19.3. The number of carbonyl (C=O) groups is 1. The van der Waals surface area contributed by atoms with Crippen LogP contribution in [0.5, 0.6) is 5.75 Å². The van der Waals surface area contributed by atoms with Crippen LogP contribution in [-0.2, 0) is 33.8 Å². The van der Waals surface area contributed by atoms with Crippen molar-refractivity contribution in [1.29, 1.82) is 0 Å². The zero-order valence-corrected chi connectivity index (χ0v) is 15.7. The van der Waals surface area contributed by atoms with Gasteiger partial charge in [-0.15, -0.1) is 0 Å². The molecule has 1 fully saturated rings. The van der Waals surface area contributed by atoms with Crippen molar-refractivity contribution in [2.75, 3.05) is 13.2 Å². The molecule has 1 unspecified atom stereocenters. The monoisotopic (exact) mass is 385 g/mol. The Hall–Kier alpha value is -2.44. The van der Waals surface area contributed by atoms with Gasteiger partial charge in [-0.2, -0.15) is 0 Å². The number of hydrogen-bond acceptors (Lipinski definition) is 4. The van der Waals surface area contributed by atoms with Crippen molar-refractivity contribution < 1.29 is 23.4 Å². The van der Waals surface area contributed by atoms with E-state index < -0.39 is 6.10 Å². The number of ether oxygens (including phenoxy) is 3. The van der Waals surface area contributed by atoms with E-state index in [9.17, 15) is 9.18 Å². The predicted octanol–water partition coefficient (Wildman–Crippen LogP) is 3.14. The molecule has 6 heteroatoms. The Labute approximate surface area is 163 Å². The van der Waals surface area contributed by atoms with Gasteiger partial charge in [-0.3, -0.25) is 4.79 Å². The molecule has 4 rings (SSSR count). The first-order valence-electron chi connectivity index (χ1n) is 9.67. The normalized spacial score (nSPS) is 19.1. The van der Waals surface area contributed by atoms with Gasteiger partial charge in [0.1, 0.15) is 11.6 Å². The molecule has 1 amide bonds. The van der Waals surface area contributed by atoms with Gasteiger partial charge in [0.15, 0.2) is 6.10 Å². The summed E-state index contributed by atoms with van der Waals surface area (Å²) in [5.41, 5.74) is 2.81. The number of benzene rings is 2. The number of carbonyl (C=O) groups excluding carboxylic acids is 1. The Balaban J connectivity index is 1.27. The van der Waals surface area contributed by atoms with Crippen molar-refractivity contribution in [3.63, 3.8) is 0 Å². The molecule has 0 bridgehead atoms. The highest BCUT2D eigenvalue weighted by atomic mass is 19.1. The summed E-state index contributed by atoms with van der Waals surface area (Å²) >= 11 is 0. The number of amides is 1. The van der Waals surface area contributed by atoms with Gasteiger partial charge in [-0.1, -0.05) is 24.3 Å². The van der Waals surface area contributed by atoms with Gasteiger partial charge in [0.05, 0.1) is 12.7 Å². The second-order valence-corrected chi connectivity index (χ2v) is 7.22. The van der Waals surface area contributed by atoms with Crippen molar-refractivity contribution in [1.82, 2.24) is 5.32 Å². The molecule has 1 N–H and O–H groups in total. The first-order valence-corrected chi connectivity index (χ1v) is 9.67. The first kappa shape index (κ1) is 18.9. The van der Waals surface area contributed by atoms with Crippen LogP contribution in [0.25, 0.3) is 0 Å². The maximum Gasteiger partial charge on any atom is 0.261 e. The highest BCUT2D eigenvalue weighted by molar-refractivity contribution is 5.82. The standard InChI is InChI=1S/C22H24FNO4/c23-18-4-5-20-17(11-18)12-21(28-20)22(25)24-13-15-2-1-3-16(10-15)14-27-19-6-8-26-9-7-19/h1-5,10-11,19,21H,6-9,12-14H2,(H,24,25). The van der Waals surface area contributed by atoms with Gasteiger partial charge in [0.2, 0.25) is 0 Å². The number of fused-ring (bicyclic) bond motifs is 1. The summed E-state index contributed by atoms with van der Waals surface area (Å²) in [6, 6.07) is 12.3. The third-order valence-electron chi connectivity index (χ3n) is 5.10. The van der Waals surface area contributed by atoms with Gasteiger partial charge in [0, 0.05) is 31.7 Å². The Morgan fingerprint density at radius 1 is 1.14 bits per heavy atom. The molecular formula is C22H24FNO4. The van der Waals surface area contributed by atoms with Crippen molar-refractivity contribution >= 4 is 5.91 Å². The topological polar surface area (TPSA) is 56.8 Å². The average Bonchev–Trinajstić information content (AvgIpc) is 3.15. The highest BCUT2D eigenvalue weighted by Crippen LogP contribution is 2.29. The molecule has 1 saturated heterocycles. The Morgan fingerprint density at radius 2 is 1.96 bits per heavy atom. The molecule has 148 valence electrons. The second kappa shape index (κ2) is 8.71. The van der Waals surface area contributed by atoms with Crippen LogP contribution < -0.4 is 10.1 Å². The fourth-order valence-corrected chi connectivity index (χ4v) is 3.55. The smallest absolute Gasteiger partial charge is 0.261 e. The molecule has 0 aromatic heterocycles. The van der Waals surface area contributed by atoms with E-state index in [0.29, 0.717) is 25.3 Å². The lowest BCUT2D eigenvalue weighted by molar-refractivity contribution is -0.127. The van der Waals surface area contributed by atoms with Crippen molar-refractivity contribution in [2.24, 2.45) is 0 Å². The molecule has 2 aromatic carbocycles. The Kier molecular flexibility index (Phi) is 5.88. The number of hydrogen-bond donors (Lipinski definition) is 1. The SMILES string of the molecule is O=C(NCc1cccc(COC2CCOCC2)c1)C1Cc2cc(F)ccc2O1. The van der Waals surface area contributed by atoms with E-state index in [1.165, 1.54) is 12.1 Å². The van der Waals surface area contributed by atoms with Gasteiger partial charge in [0.25, 0.3) is 5.91 Å². The van der Waals surface area contributed by atoms with Crippen molar-refractivity contribution in [2.45, 2.75) is 44.6 Å². The van der Waals surface area contributed by atoms with Crippen LogP contribution in [0.1, 0.15) is 29.5 Å². The van der Waals surface area contributed by atoms with E-state index in [1.807, 2.05) is 24.3 Å². The maximum absolute atomic E-state index is 13.3. The number of nitrogens with one attached hydrogen (secondary N) is 1. The van der Waals surface area contributed by atoms with Crippen molar-refractivity contribution in [3.05, 3.63) is 65.0 Å². The minimum Gasteiger partial charge on any atom is -0.480 e. The molecule has 28 heavy (non-hydrogen) atoms. The van der Waals surface area contributed by atoms with E-state index in [-0.39, 0.29) is 17.8 Å². The highest BCUT2D eigenvalue weighted by Gasteiger charge is 2.29. The molecule has 2 heterocycles. The Bertz CT molecular complexity index is 835. The Morgan fingerprint density at radius 3 is 2.82 bits per heavy atom. The van der Waals surface area contributed by atoms with Crippen molar-refractivity contribution in [3.8, 4) is 5.75 Å². The predicted molar refractivity (Wildman–Crippen MR) is 101 cm³/mol. The van der Waals surface area contributed by atoms with Gasteiger partial charge in [-0.25, -0.2) is 4.39 Å². The summed E-state index contributed by atoms with van der Waals surface area (Å²) < 4.78 is 30.2. The summed E-state index contributed by atoms with van der Waals surface area (Å²) in [6.45, 7) is 2.49. The molecule has 0 saturated carbocycles. The van der Waals surface area contributed by atoms with Crippen LogP contribution in [0.2, 0.25) is 0 Å². The molecule has 0 radical (unpaired) electrons. The van der Waals surface area contributed by atoms with E-state index in [1.54, 1.807) is 6.07 Å². The second-order valence-electron chi connectivity index (χ2n) is 7.22. The summed E-state index contributed by atoms with van der Waals surface area (Å²) in [4.78, 5) is 12.4. The number of rotatable bonds is 6. The van der Waals surface area contributed by atoms with E-state index in [2.05, 4.69) is 5.32 Å². The quantitative estimate of drug-likeness (QED) is 0.830. The fraction of sp³-hybridized carbons (Fsp3) is 0.409. The first-order chi connectivity index (χ1) is 13.7. The molecule has 2 aliphatic heterocycles. The molecule has 2 aliphatic rings. The van der Waals surface area contributed by atoms with E-state index in [4.69, 9.17) is 14.2 Å². The third-order valence-corrected chi connectivity index (χ3v) is 5.10. The molecular weight excluding hydrogens is 361 g/mol. The third kappa shape index (κ3) is 4.69. The lowest BCUT2D eigenvalue weighted by Crippen LogP contribution is -2.37. The molecule has 5 nitrogen and oxygen atoms in total. The van der Waals surface area contributed by atoms with Gasteiger partial charge in [-0.05, 0) is 42.2 Å². The van der Waals surface area contributed by atoms with E-state index >= 15 is 0 Å². The fourth-order valence-electron chi connectivity index (χ4n) is 3.55. The zero-order valence-electron chi connectivity index (χ0n) is 15.7. The maximum atomic E-state index is 13.3. The lowest BCUT2D eigenvalue weighted by Gasteiger charge is -2.22. The minimum atomic E-state index is -0.614. The average molecular weight is 385 g/mol. The summed E-state index contributed by atoms with van der Waals surface area (Å²) in [5.74, 6) is 0.0671. The number of halogens is 1. The van der Waals surface area contributed by atoms with Crippen LogP contribution in [0, 0.1) is 5.82 Å². The van der Waals surface area contributed by atoms with Crippen LogP contribution in [0.3, 0.4) is 0 Å². The molecule has 0 aliphatic carbocycles. The molecule has 2 aromatic rings. The largest absolute Gasteiger partial charge is 0.480 e. The minimum absolute atomic E-state index is 0.194. The molecule has 1 atom stereocenters. The van der Waals surface area contributed by atoms with E-state index in [0.717, 1.165) is 42.7 Å². The van der Waals surface area contributed by atoms with Gasteiger partial charge < -0.3 is 19.5 Å². The van der Waals surface area contributed by atoms with Crippen LogP contribution in [-0.4, -0.2) is 31.3 Å².